The second-order valence-electron chi connectivity index (χ2n) is 7.86. The van der Waals surface area contributed by atoms with Gasteiger partial charge in [-0.05, 0) is 66.9 Å². The first-order valence-electron chi connectivity index (χ1n) is 10.6. The predicted molar refractivity (Wildman–Crippen MR) is 130 cm³/mol. The van der Waals surface area contributed by atoms with Crippen molar-refractivity contribution in [1.29, 1.82) is 5.26 Å². The van der Waals surface area contributed by atoms with Crippen molar-refractivity contribution >= 4 is 28.2 Å². The van der Waals surface area contributed by atoms with Gasteiger partial charge < -0.3 is 9.30 Å². The number of nitro benzene ring substituents is 1. The van der Waals surface area contributed by atoms with Crippen molar-refractivity contribution in [2.24, 2.45) is 0 Å². The van der Waals surface area contributed by atoms with Crippen LogP contribution in [0.2, 0.25) is 0 Å². The number of hydrogen-bond donors (Lipinski definition) is 0. The number of hydrogen-bond acceptors (Lipinski definition) is 4. The highest BCUT2D eigenvalue weighted by Gasteiger charge is 2.11. The molecule has 1 heterocycles. The standard InChI is InChI=1S/C27H23N3O3/c1-19-7-12-25(15-20(19)2)33-14-13-29-18-23(26-5-3-4-6-27(26)29)16-22(17-28)21-8-10-24(11-9-21)30(31)32/h3-12,15-16,18H,13-14H2,1-2H3/b22-16+. The molecule has 4 aromatic rings. The Hall–Kier alpha value is -4.37. The van der Waals surface area contributed by atoms with E-state index in [-0.39, 0.29) is 5.69 Å². The molecule has 6 nitrogen and oxygen atoms in total. The number of benzene rings is 3. The number of non-ortho nitro benzene ring substituents is 1. The molecule has 3 aromatic carbocycles. The van der Waals surface area contributed by atoms with Gasteiger partial charge in [0.1, 0.15) is 12.4 Å². The molecule has 0 N–H and O–H groups in total. The molecule has 6 heteroatoms. The van der Waals surface area contributed by atoms with Crippen LogP contribution in [0.15, 0.2) is 72.9 Å². The highest BCUT2D eigenvalue weighted by atomic mass is 16.6. The van der Waals surface area contributed by atoms with E-state index in [9.17, 15) is 15.4 Å². The van der Waals surface area contributed by atoms with Crippen molar-refractivity contribution < 1.29 is 9.66 Å². The topological polar surface area (TPSA) is 81.1 Å². The van der Waals surface area contributed by atoms with Crippen LogP contribution < -0.4 is 4.74 Å². The maximum atomic E-state index is 10.9. The van der Waals surface area contributed by atoms with E-state index in [2.05, 4.69) is 30.6 Å². The number of para-hydroxylation sites is 1. The normalized spacial score (nSPS) is 11.4. The van der Waals surface area contributed by atoms with Crippen molar-refractivity contribution in [2.45, 2.75) is 20.4 Å². The van der Waals surface area contributed by atoms with Crippen LogP contribution in [0.4, 0.5) is 5.69 Å². The highest BCUT2D eigenvalue weighted by Crippen LogP contribution is 2.27. The van der Waals surface area contributed by atoms with Crippen molar-refractivity contribution in [3.63, 3.8) is 0 Å². The smallest absolute Gasteiger partial charge is 0.269 e. The van der Waals surface area contributed by atoms with Gasteiger partial charge in [-0.3, -0.25) is 10.1 Å². The predicted octanol–water partition coefficient (Wildman–Crippen LogP) is 6.31. The Kier molecular flexibility index (Phi) is 6.23. The van der Waals surface area contributed by atoms with Crippen LogP contribution in [-0.4, -0.2) is 16.1 Å². The average molecular weight is 437 g/mol. The van der Waals surface area contributed by atoms with Crippen LogP contribution in [0.25, 0.3) is 22.6 Å². The Labute approximate surface area is 192 Å². The van der Waals surface area contributed by atoms with Gasteiger partial charge in [0.2, 0.25) is 0 Å². The Morgan fingerprint density at radius 1 is 1.09 bits per heavy atom. The van der Waals surface area contributed by atoms with Crippen molar-refractivity contribution in [1.82, 2.24) is 4.57 Å². The van der Waals surface area contributed by atoms with Crippen LogP contribution in [-0.2, 0) is 6.54 Å². The maximum Gasteiger partial charge on any atom is 0.269 e. The zero-order valence-corrected chi connectivity index (χ0v) is 18.5. The first-order valence-corrected chi connectivity index (χ1v) is 10.6. The third-order valence-electron chi connectivity index (χ3n) is 5.71. The lowest BCUT2D eigenvalue weighted by atomic mass is 10.0. The molecule has 0 amide bonds. The zero-order valence-electron chi connectivity index (χ0n) is 18.5. The molecular formula is C27H23N3O3. The number of nitrogens with zero attached hydrogens (tertiary/aromatic N) is 3. The second-order valence-corrected chi connectivity index (χ2v) is 7.86. The Morgan fingerprint density at radius 2 is 1.85 bits per heavy atom. The van der Waals surface area contributed by atoms with E-state index in [1.165, 1.54) is 23.3 Å². The third kappa shape index (κ3) is 4.78. The SMILES string of the molecule is Cc1ccc(OCCn2cc(/C=C(\C#N)c3ccc([N+](=O)[O-])cc3)c3ccccc32)cc1C. The van der Waals surface area contributed by atoms with Crippen molar-refractivity contribution in [3.05, 3.63) is 105 Å². The van der Waals surface area contributed by atoms with E-state index in [0.29, 0.717) is 24.3 Å². The molecule has 0 spiro atoms. The fourth-order valence-corrected chi connectivity index (χ4v) is 3.74. The lowest BCUT2D eigenvalue weighted by Gasteiger charge is -2.10. The summed E-state index contributed by atoms with van der Waals surface area (Å²) in [4.78, 5) is 10.5. The molecule has 164 valence electrons. The molecule has 0 aliphatic heterocycles. The number of nitriles is 1. The van der Waals surface area contributed by atoms with Gasteiger partial charge in [0.05, 0.1) is 23.1 Å². The van der Waals surface area contributed by atoms with Crippen LogP contribution in [0.3, 0.4) is 0 Å². The van der Waals surface area contributed by atoms with E-state index in [4.69, 9.17) is 4.74 Å². The molecule has 0 saturated heterocycles. The summed E-state index contributed by atoms with van der Waals surface area (Å²) in [6, 6.07) is 22.3. The summed E-state index contributed by atoms with van der Waals surface area (Å²) in [7, 11) is 0. The summed E-state index contributed by atoms with van der Waals surface area (Å²) in [5.74, 6) is 0.847. The summed E-state index contributed by atoms with van der Waals surface area (Å²) in [6.07, 6.45) is 3.83. The molecule has 0 aliphatic carbocycles. The third-order valence-corrected chi connectivity index (χ3v) is 5.71. The Balaban J connectivity index is 1.60. The first kappa shape index (κ1) is 21.8. The molecule has 33 heavy (non-hydrogen) atoms. The van der Waals surface area contributed by atoms with Gasteiger partial charge in [0, 0.05) is 34.8 Å². The lowest BCUT2D eigenvalue weighted by Crippen LogP contribution is -2.07. The highest BCUT2D eigenvalue weighted by molar-refractivity contribution is 5.98. The first-order chi connectivity index (χ1) is 16.0. The fraction of sp³-hybridized carbons (Fsp3) is 0.148. The molecule has 0 atom stereocenters. The molecule has 0 saturated carbocycles. The molecule has 0 aliphatic rings. The number of ether oxygens (including phenoxy) is 1. The molecule has 4 rings (SSSR count). The van der Waals surface area contributed by atoms with Gasteiger partial charge >= 0.3 is 0 Å². The summed E-state index contributed by atoms with van der Waals surface area (Å²) in [6.45, 7) is 5.31. The van der Waals surface area contributed by atoms with Gasteiger partial charge in [-0.2, -0.15) is 5.26 Å². The number of aryl methyl sites for hydroxylation is 2. The van der Waals surface area contributed by atoms with Gasteiger partial charge in [0.25, 0.3) is 5.69 Å². The maximum absolute atomic E-state index is 10.9. The van der Waals surface area contributed by atoms with E-state index >= 15 is 0 Å². The Bertz CT molecular complexity index is 1390. The number of rotatable bonds is 7. The van der Waals surface area contributed by atoms with Gasteiger partial charge in [-0.15, -0.1) is 0 Å². The molecule has 0 radical (unpaired) electrons. The minimum atomic E-state index is -0.451. The minimum Gasteiger partial charge on any atom is -0.492 e. The zero-order chi connectivity index (χ0) is 23.4. The van der Waals surface area contributed by atoms with Crippen LogP contribution in [0.5, 0.6) is 5.75 Å². The largest absolute Gasteiger partial charge is 0.492 e. The van der Waals surface area contributed by atoms with E-state index in [1.807, 2.05) is 48.7 Å². The van der Waals surface area contributed by atoms with Crippen LogP contribution in [0.1, 0.15) is 22.3 Å². The molecule has 0 unspecified atom stereocenters. The fourth-order valence-electron chi connectivity index (χ4n) is 3.74. The van der Waals surface area contributed by atoms with Gasteiger partial charge in [-0.25, -0.2) is 0 Å². The van der Waals surface area contributed by atoms with E-state index < -0.39 is 4.92 Å². The van der Waals surface area contributed by atoms with E-state index in [1.54, 1.807) is 12.1 Å². The number of aromatic nitrogens is 1. The van der Waals surface area contributed by atoms with Crippen molar-refractivity contribution in [3.8, 4) is 11.8 Å². The molecule has 0 fully saturated rings. The summed E-state index contributed by atoms with van der Waals surface area (Å²) >= 11 is 0. The Morgan fingerprint density at radius 3 is 2.55 bits per heavy atom. The molecular weight excluding hydrogens is 414 g/mol. The minimum absolute atomic E-state index is 0.00332. The van der Waals surface area contributed by atoms with Gasteiger partial charge in [-0.1, -0.05) is 24.3 Å². The summed E-state index contributed by atoms with van der Waals surface area (Å²) in [5.41, 5.74) is 5.46. The van der Waals surface area contributed by atoms with E-state index in [0.717, 1.165) is 22.2 Å². The average Bonchev–Trinajstić information content (AvgIpc) is 3.17. The number of fused-ring (bicyclic) bond motifs is 1. The second kappa shape index (κ2) is 9.41. The molecule has 1 aromatic heterocycles. The monoisotopic (exact) mass is 437 g/mol. The van der Waals surface area contributed by atoms with Gasteiger partial charge in [0.15, 0.2) is 0 Å². The summed E-state index contributed by atoms with van der Waals surface area (Å²) in [5, 5.41) is 21.7. The molecule has 0 bridgehead atoms. The van der Waals surface area contributed by atoms with Crippen molar-refractivity contribution in [2.75, 3.05) is 6.61 Å². The van der Waals surface area contributed by atoms with Crippen LogP contribution in [0, 0.1) is 35.3 Å². The quantitative estimate of drug-likeness (QED) is 0.193. The summed E-state index contributed by atoms with van der Waals surface area (Å²) < 4.78 is 8.08. The van der Waals surface area contributed by atoms with Crippen LogP contribution >= 0.6 is 0 Å². The lowest BCUT2D eigenvalue weighted by molar-refractivity contribution is -0.384. The number of allylic oxidation sites excluding steroid dienone is 1. The number of nitro groups is 1.